The van der Waals surface area contributed by atoms with Gasteiger partial charge in [0.2, 0.25) is 5.95 Å². The summed E-state index contributed by atoms with van der Waals surface area (Å²) in [4.78, 5) is 21.3. The van der Waals surface area contributed by atoms with Crippen molar-refractivity contribution in [3.05, 3.63) is 17.5 Å². The highest BCUT2D eigenvalue weighted by atomic mass is 16.4. The fourth-order valence-electron chi connectivity index (χ4n) is 1.51. The first-order valence-corrected chi connectivity index (χ1v) is 5.48. The third-order valence-electron chi connectivity index (χ3n) is 2.47. The number of carbonyl (C=O) groups is 1. The van der Waals surface area contributed by atoms with E-state index in [0.29, 0.717) is 18.1 Å². The van der Waals surface area contributed by atoms with Crippen molar-refractivity contribution in [2.45, 2.75) is 27.2 Å². The molecule has 0 bridgehead atoms. The number of hydrogen-bond donors (Lipinski definition) is 1. The standard InChI is InChI=1S/C11H17N3O2/c1-4-9-8(10(15)16)7-12-11(13-9)14(5-2)6-3/h7H,4-6H2,1-3H3,(H,15,16). The van der Waals surface area contributed by atoms with Crippen LogP contribution in [0, 0.1) is 0 Å². The highest BCUT2D eigenvalue weighted by Gasteiger charge is 2.13. The Morgan fingerprint density at radius 3 is 2.44 bits per heavy atom. The van der Waals surface area contributed by atoms with Gasteiger partial charge in [-0.05, 0) is 20.3 Å². The molecule has 5 heteroatoms. The average Bonchev–Trinajstić information content (AvgIpc) is 2.30. The van der Waals surface area contributed by atoms with Crippen molar-refractivity contribution in [2.75, 3.05) is 18.0 Å². The number of nitrogens with zero attached hydrogens (tertiary/aromatic N) is 3. The highest BCUT2D eigenvalue weighted by molar-refractivity contribution is 5.88. The van der Waals surface area contributed by atoms with Crippen LogP contribution in [0.2, 0.25) is 0 Å². The number of hydrogen-bond acceptors (Lipinski definition) is 4. The molecule has 0 fully saturated rings. The van der Waals surface area contributed by atoms with Gasteiger partial charge in [0.1, 0.15) is 0 Å². The lowest BCUT2D eigenvalue weighted by Gasteiger charge is -2.19. The zero-order valence-corrected chi connectivity index (χ0v) is 9.90. The molecule has 0 aliphatic heterocycles. The first-order valence-electron chi connectivity index (χ1n) is 5.48. The summed E-state index contributed by atoms with van der Waals surface area (Å²) in [7, 11) is 0. The Hall–Kier alpha value is -1.65. The molecule has 0 amide bonds. The molecule has 0 unspecified atom stereocenters. The van der Waals surface area contributed by atoms with Crippen LogP contribution in [0.1, 0.15) is 36.8 Å². The topological polar surface area (TPSA) is 66.3 Å². The molecule has 0 aliphatic carbocycles. The number of aromatic nitrogens is 2. The van der Waals surface area contributed by atoms with E-state index in [1.165, 1.54) is 6.20 Å². The van der Waals surface area contributed by atoms with Crippen molar-refractivity contribution in [3.63, 3.8) is 0 Å². The molecular formula is C11H17N3O2. The molecule has 0 aromatic carbocycles. The summed E-state index contributed by atoms with van der Waals surface area (Å²) in [5.74, 6) is -0.366. The minimum Gasteiger partial charge on any atom is -0.478 e. The SMILES string of the molecule is CCc1nc(N(CC)CC)ncc1C(=O)O. The normalized spacial score (nSPS) is 10.2. The Labute approximate surface area is 95.1 Å². The van der Waals surface area contributed by atoms with E-state index in [4.69, 9.17) is 5.11 Å². The van der Waals surface area contributed by atoms with Gasteiger partial charge in [-0.15, -0.1) is 0 Å². The van der Waals surface area contributed by atoms with Crippen molar-refractivity contribution in [2.24, 2.45) is 0 Å². The van der Waals surface area contributed by atoms with Crippen LogP contribution in [0.5, 0.6) is 0 Å². The number of anilines is 1. The van der Waals surface area contributed by atoms with Gasteiger partial charge in [-0.2, -0.15) is 0 Å². The molecule has 0 atom stereocenters. The lowest BCUT2D eigenvalue weighted by molar-refractivity contribution is 0.0694. The minimum absolute atomic E-state index is 0.193. The van der Waals surface area contributed by atoms with Gasteiger partial charge in [-0.25, -0.2) is 14.8 Å². The van der Waals surface area contributed by atoms with Crippen LogP contribution in [0.15, 0.2) is 6.20 Å². The third kappa shape index (κ3) is 2.48. The predicted molar refractivity (Wildman–Crippen MR) is 61.9 cm³/mol. The van der Waals surface area contributed by atoms with Crippen molar-refractivity contribution in [1.29, 1.82) is 0 Å². The maximum atomic E-state index is 10.9. The van der Waals surface area contributed by atoms with E-state index >= 15 is 0 Å². The summed E-state index contributed by atoms with van der Waals surface area (Å²) in [6.45, 7) is 7.55. The van der Waals surface area contributed by atoms with Gasteiger partial charge in [-0.1, -0.05) is 6.92 Å². The van der Waals surface area contributed by atoms with Crippen LogP contribution in [-0.2, 0) is 6.42 Å². The molecule has 1 heterocycles. The van der Waals surface area contributed by atoms with E-state index < -0.39 is 5.97 Å². The molecule has 1 aromatic rings. The van der Waals surface area contributed by atoms with Gasteiger partial charge in [0.05, 0.1) is 11.3 Å². The second kappa shape index (κ2) is 5.44. The van der Waals surface area contributed by atoms with E-state index in [0.717, 1.165) is 13.1 Å². The van der Waals surface area contributed by atoms with Crippen molar-refractivity contribution in [3.8, 4) is 0 Å². The number of aromatic carboxylic acids is 1. The van der Waals surface area contributed by atoms with E-state index in [1.807, 2.05) is 25.7 Å². The Bertz CT molecular complexity index is 375. The van der Waals surface area contributed by atoms with E-state index in [2.05, 4.69) is 9.97 Å². The fourth-order valence-corrected chi connectivity index (χ4v) is 1.51. The monoisotopic (exact) mass is 223 g/mol. The van der Waals surface area contributed by atoms with Crippen LogP contribution in [-0.4, -0.2) is 34.1 Å². The number of rotatable bonds is 5. The summed E-state index contributed by atoms with van der Waals surface area (Å²) in [5, 5.41) is 8.95. The molecule has 1 N–H and O–H groups in total. The summed E-state index contributed by atoms with van der Waals surface area (Å²) in [5.41, 5.74) is 0.780. The molecular weight excluding hydrogens is 206 g/mol. The van der Waals surface area contributed by atoms with Gasteiger partial charge in [0, 0.05) is 19.3 Å². The van der Waals surface area contributed by atoms with Gasteiger partial charge in [0.15, 0.2) is 0 Å². The minimum atomic E-state index is -0.969. The molecule has 5 nitrogen and oxygen atoms in total. The maximum Gasteiger partial charge on any atom is 0.339 e. The van der Waals surface area contributed by atoms with Gasteiger partial charge in [0.25, 0.3) is 0 Å². The lowest BCUT2D eigenvalue weighted by atomic mass is 10.2. The van der Waals surface area contributed by atoms with Gasteiger partial charge >= 0.3 is 5.97 Å². The third-order valence-corrected chi connectivity index (χ3v) is 2.47. The van der Waals surface area contributed by atoms with Crippen molar-refractivity contribution >= 4 is 11.9 Å². The average molecular weight is 223 g/mol. The second-order valence-electron chi connectivity index (χ2n) is 3.36. The Morgan fingerprint density at radius 2 is 2.00 bits per heavy atom. The zero-order chi connectivity index (χ0) is 12.1. The summed E-state index contributed by atoms with van der Waals surface area (Å²) < 4.78 is 0. The quantitative estimate of drug-likeness (QED) is 0.821. The molecule has 88 valence electrons. The summed E-state index contributed by atoms with van der Waals surface area (Å²) >= 11 is 0. The zero-order valence-electron chi connectivity index (χ0n) is 9.90. The van der Waals surface area contributed by atoms with Crippen LogP contribution >= 0.6 is 0 Å². The molecule has 0 spiro atoms. The number of aryl methyl sites for hydroxylation is 1. The van der Waals surface area contributed by atoms with Gasteiger partial charge < -0.3 is 10.0 Å². The Kier molecular flexibility index (Phi) is 4.22. The highest BCUT2D eigenvalue weighted by Crippen LogP contribution is 2.12. The predicted octanol–water partition coefficient (Wildman–Crippen LogP) is 1.58. The number of carboxylic acid groups (broad SMARTS) is 1. The van der Waals surface area contributed by atoms with Crippen LogP contribution < -0.4 is 4.90 Å². The van der Waals surface area contributed by atoms with Crippen LogP contribution in [0.3, 0.4) is 0 Å². The second-order valence-corrected chi connectivity index (χ2v) is 3.36. The van der Waals surface area contributed by atoms with E-state index in [-0.39, 0.29) is 5.56 Å². The van der Waals surface area contributed by atoms with Crippen molar-refractivity contribution < 1.29 is 9.90 Å². The molecule has 0 saturated heterocycles. The van der Waals surface area contributed by atoms with E-state index in [1.54, 1.807) is 0 Å². The number of carboxylic acids is 1. The molecule has 0 aliphatic rings. The van der Waals surface area contributed by atoms with Crippen LogP contribution in [0.4, 0.5) is 5.95 Å². The molecule has 0 saturated carbocycles. The van der Waals surface area contributed by atoms with E-state index in [9.17, 15) is 4.79 Å². The Morgan fingerprint density at radius 1 is 1.38 bits per heavy atom. The molecule has 0 radical (unpaired) electrons. The van der Waals surface area contributed by atoms with Gasteiger partial charge in [-0.3, -0.25) is 0 Å². The summed E-state index contributed by atoms with van der Waals surface area (Å²) in [6.07, 6.45) is 1.99. The molecule has 16 heavy (non-hydrogen) atoms. The lowest BCUT2D eigenvalue weighted by Crippen LogP contribution is -2.25. The van der Waals surface area contributed by atoms with Crippen LogP contribution in [0.25, 0.3) is 0 Å². The first-order chi connectivity index (χ1) is 7.63. The Balaban J connectivity index is 3.12. The van der Waals surface area contributed by atoms with Crippen molar-refractivity contribution in [1.82, 2.24) is 9.97 Å². The smallest absolute Gasteiger partial charge is 0.339 e. The maximum absolute atomic E-state index is 10.9. The first kappa shape index (κ1) is 12.4. The largest absolute Gasteiger partial charge is 0.478 e. The molecule has 1 rings (SSSR count). The molecule has 1 aromatic heterocycles. The fraction of sp³-hybridized carbons (Fsp3) is 0.545. The summed E-state index contributed by atoms with van der Waals surface area (Å²) in [6, 6.07) is 0.